The first kappa shape index (κ1) is 12.3. The zero-order valence-corrected chi connectivity index (χ0v) is 12.2. The van der Waals surface area contributed by atoms with Gasteiger partial charge in [-0.25, -0.2) is 0 Å². The van der Waals surface area contributed by atoms with Gasteiger partial charge in [-0.1, -0.05) is 0 Å². The Bertz CT molecular complexity index is 536. The molecule has 2 atom stereocenters. The van der Waals surface area contributed by atoms with Gasteiger partial charge < -0.3 is 20.6 Å². The van der Waals surface area contributed by atoms with Gasteiger partial charge in [-0.2, -0.15) is 0 Å². The Kier molecular flexibility index (Phi) is 3.14. The number of nitrogens with one attached hydrogen (secondary N) is 4. The van der Waals surface area contributed by atoms with Gasteiger partial charge in [0.25, 0.3) is 0 Å². The van der Waals surface area contributed by atoms with Crippen LogP contribution in [0, 0.1) is 0 Å². The first-order valence-corrected chi connectivity index (χ1v) is 8.42. The predicted molar refractivity (Wildman–Crippen MR) is 85.7 cm³/mol. The van der Waals surface area contributed by atoms with Crippen LogP contribution in [0.5, 0.6) is 0 Å². The van der Waals surface area contributed by atoms with E-state index in [9.17, 15) is 0 Å². The van der Waals surface area contributed by atoms with Crippen LogP contribution in [0.3, 0.4) is 0 Å². The van der Waals surface area contributed by atoms with Gasteiger partial charge >= 0.3 is 0 Å². The molecular weight excluding hydrogens is 268 g/mol. The molecule has 4 heterocycles. The Morgan fingerprint density at radius 2 is 1.70 bits per heavy atom. The van der Waals surface area contributed by atoms with Gasteiger partial charge in [0.2, 0.25) is 0 Å². The van der Waals surface area contributed by atoms with Gasteiger partial charge in [-0.3, -0.25) is 0 Å². The summed E-state index contributed by atoms with van der Waals surface area (Å²) in [6.07, 6.45) is 6.58. The van der Waals surface area contributed by atoms with Crippen LogP contribution >= 0.6 is 11.8 Å². The molecule has 0 amide bonds. The van der Waals surface area contributed by atoms with Crippen LogP contribution in [0.2, 0.25) is 0 Å². The highest BCUT2D eigenvalue weighted by Gasteiger charge is 2.32. The van der Waals surface area contributed by atoms with Crippen molar-refractivity contribution >= 4 is 23.1 Å². The van der Waals surface area contributed by atoms with E-state index < -0.39 is 0 Å². The molecule has 0 radical (unpaired) electrons. The molecule has 2 unspecified atom stereocenters. The van der Waals surface area contributed by atoms with Gasteiger partial charge in [0, 0.05) is 42.8 Å². The Balaban J connectivity index is 1.74. The number of fused-ring (bicyclic) bond motifs is 2. The van der Waals surface area contributed by atoms with E-state index in [4.69, 9.17) is 0 Å². The topological polar surface area (TPSA) is 55.6 Å². The monoisotopic (exact) mass is 288 g/mol. The van der Waals surface area contributed by atoms with Crippen LogP contribution in [0.4, 0.5) is 11.4 Å². The SMILES string of the molecule is c1cc2c([nH]1)C(C1SCCNc3cc[nH]c31)CCCN2. The van der Waals surface area contributed by atoms with E-state index in [0.29, 0.717) is 11.2 Å². The van der Waals surface area contributed by atoms with Gasteiger partial charge in [0.05, 0.1) is 22.3 Å². The first-order chi connectivity index (χ1) is 9.93. The van der Waals surface area contributed by atoms with Gasteiger partial charge in [-0.15, -0.1) is 11.8 Å². The fourth-order valence-electron chi connectivity index (χ4n) is 3.38. The van der Waals surface area contributed by atoms with Crippen molar-refractivity contribution in [3.05, 3.63) is 35.9 Å². The summed E-state index contributed by atoms with van der Waals surface area (Å²) >= 11 is 2.07. The third-order valence-electron chi connectivity index (χ3n) is 4.30. The molecule has 106 valence electrons. The van der Waals surface area contributed by atoms with Crippen molar-refractivity contribution in [2.75, 3.05) is 29.5 Å². The highest BCUT2D eigenvalue weighted by Crippen LogP contribution is 2.48. The van der Waals surface area contributed by atoms with E-state index in [0.717, 1.165) is 18.8 Å². The highest BCUT2D eigenvalue weighted by molar-refractivity contribution is 7.99. The summed E-state index contributed by atoms with van der Waals surface area (Å²) in [6, 6.07) is 4.33. The molecule has 0 saturated carbocycles. The molecule has 4 rings (SSSR count). The van der Waals surface area contributed by atoms with E-state index in [-0.39, 0.29) is 0 Å². The molecule has 5 heteroatoms. The van der Waals surface area contributed by atoms with Gasteiger partial charge in [0.1, 0.15) is 0 Å². The fourth-order valence-corrected chi connectivity index (χ4v) is 4.72. The van der Waals surface area contributed by atoms with Crippen LogP contribution in [-0.4, -0.2) is 28.8 Å². The lowest BCUT2D eigenvalue weighted by Crippen LogP contribution is -2.10. The minimum Gasteiger partial charge on any atom is -0.384 e. The van der Waals surface area contributed by atoms with E-state index in [1.807, 2.05) is 0 Å². The van der Waals surface area contributed by atoms with Crippen LogP contribution in [0.25, 0.3) is 0 Å². The number of aromatic amines is 2. The summed E-state index contributed by atoms with van der Waals surface area (Å²) in [4.78, 5) is 6.95. The second kappa shape index (κ2) is 5.13. The van der Waals surface area contributed by atoms with E-state index in [2.05, 4.69) is 56.9 Å². The largest absolute Gasteiger partial charge is 0.384 e. The van der Waals surface area contributed by atoms with E-state index in [1.54, 1.807) is 0 Å². The molecule has 2 aromatic heterocycles. The maximum absolute atomic E-state index is 3.54. The summed E-state index contributed by atoms with van der Waals surface area (Å²) in [5, 5.41) is 7.58. The minimum atomic E-state index is 0.507. The van der Waals surface area contributed by atoms with Crippen molar-refractivity contribution in [3.63, 3.8) is 0 Å². The quantitative estimate of drug-likeness (QED) is 0.649. The standard InChI is InChI=1S/C15H20N4S/c1-2-10(13-11(16-5-1)3-6-18-13)15-14-12(4-7-19-14)17-8-9-20-15/h3-4,6-7,10,15-19H,1-2,5,8-9H2. The lowest BCUT2D eigenvalue weighted by molar-refractivity contribution is 0.588. The average molecular weight is 288 g/mol. The van der Waals surface area contributed by atoms with E-state index >= 15 is 0 Å². The highest BCUT2D eigenvalue weighted by atomic mass is 32.2. The molecule has 0 spiro atoms. The minimum absolute atomic E-state index is 0.507. The molecule has 2 aromatic rings. The van der Waals surface area contributed by atoms with Crippen molar-refractivity contribution in [2.24, 2.45) is 0 Å². The van der Waals surface area contributed by atoms with Crippen LogP contribution in [0.1, 0.15) is 35.4 Å². The van der Waals surface area contributed by atoms with E-state index in [1.165, 1.54) is 35.6 Å². The van der Waals surface area contributed by atoms with Gasteiger partial charge in [0.15, 0.2) is 0 Å². The van der Waals surface area contributed by atoms with Crippen LogP contribution < -0.4 is 10.6 Å². The lowest BCUT2D eigenvalue weighted by Gasteiger charge is -2.24. The number of hydrogen-bond donors (Lipinski definition) is 4. The number of hydrogen-bond acceptors (Lipinski definition) is 3. The summed E-state index contributed by atoms with van der Waals surface area (Å²) in [5.74, 6) is 1.71. The van der Waals surface area contributed by atoms with Crippen molar-refractivity contribution in [1.82, 2.24) is 9.97 Å². The fraction of sp³-hybridized carbons (Fsp3) is 0.467. The van der Waals surface area contributed by atoms with Crippen molar-refractivity contribution < 1.29 is 0 Å². The van der Waals surface area contributed by atoms with Crippen LogP contribution in [-0.2, 0) is 0 Å². The van der Waals surface area contributed by atoms with Gasteiger partial charge in [-0.05, 0) is 25.0 Å². The maximum atomic E-state index is 3.54. The summed E-state index contributed by atoms with van der Waals surface area (Å²) < 4.78 is 0. The number of rotatable bonds is 1. The molecular formula is C15H20N4S. The Labute approximate surface area is 123 Å². The lowest BCUT2D eigenvalue weighted by atomic mass is 9.93. The Hall–Kier alpha value is -1.49. The van der Waals surface area contributed by atoms with Crippen molar-refractivity contribution in [1.29, 1.82) is 0 Å². The Morgan fingerprint density at radius 3 is 2.60 bits per heavy atom. The summed E-state index contributed by atoms with van der Waals surface area (Å²) in [6.45, 7) is 2.13. The first-order valence-electron chi connectivity index (χ1n) is 7.37. The molecule has 0 aromatic carbocycles. The molecule has 0 aliphatic carbocycles. The molecule has 4 N–H and O–H groups in total. The molecule has 2 aliphatic heterocycles. The normalized spacial score (nSPS) is 25.6. The zero-order chi connectivity index (χ0) is 13.4. The Morgan fingerprint density at radius 1 is 0.950 bits per heavy atom. The molecule has 0 fully saturated rings. The summed E-state index contributed by atoms with van der Waals surface area (Å²) in [5.41, 5.74) is 5.31. The third-order valence-corrected chi connectivity index (χ3v) is 5.66. The molecule has 2 aliphatic rings. The molecule has 20 heavy (non-hydrogen) atoms. The maximum Gasteiger partial charge on any atom is 0.0563 e. The molecule has 4 nitrogen and oxygen atoms in total. The smallest absolute Gasteiger partial charge is 0.0563 e. The second-order valence-electron chi connectivity index (χ2n) is 5.50. The summed E-state index contributed by atoms with van der Waals surface area (Å²) in [7, 11) is 0. The average Bonchev–Trinajstić information content (AvgIpc) is 3.01. The predicted octanol–water partition coefficient (Wildman–Crippen LogP) is 3.53. The number of H-pyrrole nitrogens is 2. The third kappa shape index (κ3) is 2.00. The van der Waals surface area contributed by atoms with Crippen molar-refractivity contribution in [3.8, 4) is 0 Å². The number of anilines is 2. The van der Waals surface area contributed by atoms with Crippen molar-refractivity contribution in [2.45, 2.75) is 24.0 Å². The second-order valence-corrected chi connectivity index (χ2v) is 6.75. The van der Waals surface area contributed by atoms with Crippen LogP contribution in [0.15, 0.2) is 24.5 Å². The zero-order valence-electron chi connectivity index (χ0n) is 11.4. The number of aromatic nitrogens is 2. The number of thioether (sulfide) groups is 1. The molecule has 0 bridgehead atoms. The molecule has 0 saturated heterocycles.